The molecule has 0 fully saturated rings. The van der Waals surface area contributed by atoms with Crippen molar-refractivity contribution < 1.29 is 0 Å². The number of H-pyrrole nitrogens is 1. The van der Waals surface area contributed by atoms with Gasteiger partial charge in [0, 0.05) is 5.56 Å². The third kappa shape index (κ3) is 1.18. The van der Waals surface area contributed by atoms with E-state index in [0.717, 1.165) is 11.1 Å². The molecule has 1 heterocycles. The molecule has 0 spiro atoms. The molecule has 4 heteroatoms. The predicted molar refractivity (Wildman–Crippen MR) is 44.1 cm³/mol. The quantitative estimate of drug-likeness (QED) is 0.676. The van der Waals surface area contributed by atoms with Crippen molar-refractivity contribution in [2.45, 2.75) is 0 Å². The van der Waals surface area contributed by atoms with Gasteiger partial charge in [-0.1, -0.05) is 18.2 Å². The van der Waals surface area contributed by atoms with E-state index in [0.29, 0.717) is 5.82 Å². The van der Waals surface area contributed by atoms with Gasteiger partial charge in [0.15, 0.2) is 5.82 Å². The first-order valence-corrected chi connectivity index (χ1v) is 3.52. The molecule has 0 unspecified atom stereocenters. The van der Waals surface area contributed by atoms with Gasteiger partial charge < -0.3 is 0 Å². The van der Waals surface area contributed by atoms with Crippen LogP contribution in [0.5, 0.6) is 0 Å². The summed E-state index contributed by atoms with van der Waals surface area (Å²) in [7, 11) is 0. The molecule has 12 heavy (non-hydrogen) atoms. The van der Waals surface area contributed by atoms with Gasteiger partial charge in [-0.05, 0) is 29.0 Å². The van der Waals surface area contributed by atoms with Crippen molar-refractivity contribution in [1.82, 2.24) is 20.6 Å². The fourth-order valence-electron chi connectivity index (χ4n) is 1.00. The van der Waals surface area contributed by atoms with Gasteiger partial charge in [-0.25, -0.2) is 5.10 Å². The topological polar surface area (TPSA) is 54.5 Å². The number of aromatic nitrogens is 4. The fraction of sp³-hybridized carbons (Fsp3) is 0. The Kier molecular flexibility index (Phi) is 1.59. The summed E-state index contributed by atoms with van der Waals surface area (Å²) in [5.41, 5.74) is 1.90. The Morgan fingerprint density at radius 2 is 2.25 bits per heavy atom. The lowest BCUT2D eigenvalue weighted by molar-refractivity contribution is 0.881. The van der Waals surface area contributed by atoms with Crippen LogP contribution in [-0.4, -0.2) is 20.6 Å². The minimum absolute atomic E-state index is 0.667. The molecule has 0 atom stereocenters. The van der Waals surface area contributed by atoms with Crippen LogP contribution in [0.2, 0.25) is 0 Å². The largest absolute Gasteiger partial charge is 0.239 e. The zero-order chi connectivity index (χ0) is 8.39. The van der Waals surface area contributed by atoms with E-state index in [1.54, 1.807) is 0 Å². The fourth-order valence-corrected chi connectivity index (χ4v) is 1.00. The van der Waals surface area contributed by atoms with Crippen LogP contribution in [0.25, 0.3) is 11.4 Å². The smallest absolute Gasteiger partial charge is 0.179 e. The van der Waals surface area contributed by atoms with Crippen LogP contribution in [0.4, 0.5) is 0 Å². The predicted octanol–water partition coefficient (Wildman–Crippen LogP) is 1.05. The first-order valence-electron chi connectivity index (χ1n) is 3.52. The maximum atomic E-state index is 3.81. The summed E-state index contributed by atoms with van der Waals surface area (Å²) in [4.78, 5) is 0. The van der Waals surface area contributed by atoms with Crippen LogP contribution >= 0.6 is 0 Å². The monoisotopic (exact) mass is 159 g/mol. The molecule has 0 bridgehead atoms. The normalized spacial score (nSPS) is 10.1. The molecule has 0 aliphatic rings. The molecule has 0 saturated carbocycles. The summed E-state index contributed by atoms with van der Waals surface area (Å²) >= 11 is 0. The highest BCUT2D eigenvalue weighted by Gasteiger charge is 1.99. The highest BCUT2D eigenvalue weighted by molar-refractivity contribution is 5.55. The summed E-state index contributed by atoms with van der Waals surface area (Å²) in [6.07, 6.45) is 0. The number of nitrogens with one attached hydrogen (secondary N) is 1. The molecule has 1 N–H and O–H groups in total. The Hall–Kier alpha value is -1.71. The average Bonchev–Trinajstić information content (AvgIpc) is 2.56. The second-order valence-electron chi connectivity index (χ2n) is 2.45. The molecule has 1 aromatic carbocycles. The van der Waals surface area contributed by atoms with E-state index in [4.69, 9.17) is 0 Å². The molecule has 2 rings (SSSR count). The zero-order valence-corrected chi connectivity index (χ0v) is 6.36. The van der Waals surface area contributed by atoms with E-state index in [2.05, 4.69) is 27.5 Å². The van der Waals surface area contributed by atoms with Gasteiger partial charge in [0.05, 0.1) is 0 Å². The number of hydrogen-bond donors (Lipinski definition) is 1. The first kappa shape index (κ1) is 6.97. The van der Waals surface area contributed by atoms with E-state index >= 15 is 0 Å². The van der Waals surface area contributed by atoms with Gasteiger partial charge in [-0.3, -0.25) is 0 Å². The summed E-state index contributed by atoms with van der Waals surface area (Å²) < 4.78 is 0. The van der Waals surface area contributed by atoms with Gasteiger partial charge in [0.2, 0.25) is 0 Å². The summed E-state index contributed by atoms with van der Waals surface area (Å²) in [5.74, 6) is 0.667. The van der Waals surface area contributed by atoms with Crippen LogP contribution < -0.4 is 0 Å². The summed E-state index contributed by atoms with van der Waals surface area (Å²) in [6, 6.07) is 7.69. The van der Waals surface area contributed by atoms with Crippen LogP contribution in [0.3, 0.4) is 0 Å². The Bertz CT molecular complexity index is 366. The number of hydrogen-bond acceptors (Lipinski definition) is 3. The summed E-state index contributed by atoms with van der Waals surface area (Å²) in [6.45, 7) is 3.81. The molecule has 4 nitrogen and oxygen atoms in total. The molecular weight excluding hydrogens is 152 g/mol. The van der Waals surface area contributed by atoms with Crippen LogP contribution in [0.15, 0.2) is 24.3 Å². The Morgan fingerprint density at radius 3 is 2.92 bits per heavy atom. The Morgan fingerprint density at radius 1 is 1.33 bits per heavy atom. The number of benzene rings is 1. The Labute approximate surface area is 69.6 Å². The highest BCUT2D eigenvalue weighted by atomic mass is 15.5. The van der Waals surface area contributed by atoms with Crippen LogP contribution in [0.1, 0.15) is 5.56 Å². The minimum atomic E-state index is 0.667. The van der Waals surface area contributed by atoms with Gasteiger partial charge in [-0.15, -0.1) is 5.10 Å². The lowest BCUT2D eigenvalue weighted by atomic mass is 10.1. The maximum absolute atomic E-state index is 3.81. The molecule has 0 saturated heterocycles. The van der Waals surface area contributed by atoms with Crippen molar-refractivity contribution in [2.24, 2.45) is 0 Å². The lowest BCUT2D eigenvalue weighted by Gasteiger charge is -1.95. The van der Waals surface area contributed by atoms with Crippen LogP contribution in [0, 0.1) is 6.92 Å². The molecule has 1 aromatic heterocycles. The second-order valence-corrected chi connectivity index (χ2v) is 2.45. The molecule has 1 radical (unpaired) electrons. The third-order valence-corrected chi connectivity index (χ3v) is 1.55. The number of aromatic amines is 1. The number of tetrazole rings is 1. The Balaban J connectivity index is 2.48. The summed E-state index contributed by atoms with van der Waals surface area (Å²) in [5, 5.41) is 13.4. The van der Waals surface area contributed by atoms with E-state index < -0.39 is 0 Å². The van der Waals surface area contributed by atoms with Gasteiger partial charge in [0.1, 0.15) is 0 Å². The molecule has 0 amide bonds. The van der Waals surface area contributed by atoms with Crippen LogP contribution in [-0.2, 0) is 0 Å². The minimum Gasteiger partial charge on any atom is -0.239 e. The van der Waals surface area contributed by atoms with E-state index in [1.807, 2.05) is 24.3 Å². The van der Waals surface area contributed by atoms with Crippen molar-refractivity contribution in [3.63, 3.8) is 0 Å². The van der Waals surface area contributed by atoms with E-state index in [-0.39, 0.29) is 0 Å². The van der Waals surface area contributed by atoms with Crippen molar-refractivity contribution in [3.05, 3.63) is 36.8 Å². The van der Waals surface area contributed by atoms with Gasteiger partial charge in [-0.2, -0.15) is 0 Å². The molecular formula is C8H7N4. The van der Waals surface area contributed by atoms with Crippen molar-refractivity contribution in [1.29, 1.82) is 0 Å². The SMILES string of the molecule is [CH2]c1cccc(-c2nnn[nH]2)c1. The second kappa shape index (κ2) is 2.73. The molecule has 59 valence electrons. The highest BCUT2D eigenvalue weighted by Crippen LogP contribution is 2.13. The van der Waals surface area contributed by atoms with Crippen molar-refractivity contribution in [2.75, 3.05) is 0 Å². The first-order chi connectivity index (χ1) is 5.86. The third-order valence-electron chi connectivity index (χ3n) is 1.55. The zero-order valence-electron chi connectivity index (χ0n) is 6.36. The van der Waals surface area contributed by atoms with Crippen molar-refractivity contribution >= 4 is 0 Å². The molecule has 0 aliphatic heterocycles. The van der Waals surface area contributed by atoms with Gasteiger partial charge in [0.25, 0.3) is 0 Å². The molecule has 0 aliphatic carbocycles. The number of rotatable bonds is 1. The molecule has 2 aromatic rings. The standard InChI is InChI=1S/C8H7N4/c1-6-3-2-4-7(5-6)8-9-11-12-10-8/h2-5H,1H2,(H,9,10,11,12). The van der Waals surface area contributed by atoms with Crippen molar-refractivity contribution in [3.8, 4) is 11.4 Å². The van der Waals surface area contributed by atoms with Gasteiger partial charge >= 0.3 is 0 Å². The van der Waals surface area contributed by atoms with E-state index in [1.165, 1.54) is 0 Å². The maximum Gasteiger partial charge on any atom is 0.179 e. The number of nitrogens with zero attached hydrogens (tertiary/aromatic N) is 3. The average molecular weight is 159 g/mol. The van der Waals surface area contributed by atoms with E-state index in [9.17, 15) is 0 Å². The lowest BCUT2D eigenvalue weighted by Crippen LogP contribution is -1.81.